The van der Waals surface area contributed by atoms with Crippen LogP contribution in [0.2, 0.25) is 0 Å². The van der Waals surface area contributed by atoms with E-state index in [0.717, 1.165) is 43.2 Å². The maximum Gasteiger partial charge on any atom is 0.130 e. The smallest absolute Gasteiger partial charge is 0.130 e. The molecule has 0 aromatic heterocycles. The van der Waals surface area contributed by atoms with Crippen molar-refractivity contribution in [1.29, 1.82) is 0 Å². The number of piperazine rings is 1. The second-order valence-corrected chi connectivity index (χ2v) is 6.73. The molecule has 1 fully saturated rings. The number of benzene rings is 2. The highest BCUT2D eigenvalue weighted by Gasteiger charge is 2.15. The van der Waals surface area contributed by atoms with Gasteiger partial charge in [0, 0.05) is 37.2 Å². The summed E-state index contributed by atoms with van der Waals surface area (Å²) in [5.41, 5.74) is 2.36. The van der Waals surface area contributed by atoms with Crippen molar-refractivity contribution < 1.29 is 8.93 Å². The number of hydrogen-bond donors (Lipinski definition) is 0. The third-order valence-corrected chi connectivity index (χ3v) is 4.77. The van der Waals surface area contributed by atoms with Gasteiger partial charge >= 0.3 is 0 Å². The zero-order valence-electron chi connectivity index (χ0n) is 13.6. The molecule has 3 rings (SSSR count). The monoisotopic (exact) mass is 332 g/mol. The molecule has 0 bridgehead atoms. The van der Waals surface area contributed by atoms with Crippen molar-refractivity contribution >= 4 is 19.9 Å². The molecular formula is C18H22FN2OP. The lowest BCUT2D eigenvalue weighted by molar-refractivity contribution is 0.313. The first-order chi connectivity index (χ1) is 11.2. The molecule has 1 aliphatic rings. The van der Waals surface area contributed by atoms with Gasteiger partial charge in [-0.25, -0.2) is 4.20 Å². The van der Waals surface area contributed by atoms with Crippen LogP contribution in [-0.2, 0) is 0 Å². The molecule has 0 aliphatic carbocycles. The number of halogens is 1. The number of aryl methyl sites for hydroxylation is 1. The third-order valence-electron chi connectivity index (χ3n) is 4.22. The van der Waals surface area contributed by atoms with Crippen molar-refractivity contribution in [3.05, 3.63) is 48.0 Å². The highest BCUT2D eigenvalue weighted by Crippen LogP contribution is 2.29. The maximum absolute atomic E-state index is 12.6. The Morgan fingerprint density at radius 1 is 1.00 bits per heavy atom. The Kier molecular flexibility index (Phi) is 5.14. The van der Waals surface area contributed by atoms with E-state index in [2.05, 4.69) is 35.9 Å². The zero-order valence-corrected chi connectivity index (χ0v) is 14.6. The van der Waals surface area contributed by atoms with Crippen molar-refractivity contribution in [3.63, 3.8) is 0 Å². The molecule has 0 N–H and O–H groups in total. The Morgan fingerprint density at radius 2 is 1.70 bits per heavy atom. The summed E-state index contributed by atoms with van der Waals surface area (Å²) in [6.07, 6.45) is 0. The Morgan fingerprint density at radius 3 is 2.30 bits per heavy atom. The second-order valence-electron chi connectivity index (χ2n) is 5.96. The van der Waals surface area contributed by atoms with E-state index in [1.165, 1.54) is 5.69 Å². The molecular weight excluding hydrogens is 310 g/mol. The van der Waals surface area contributed by atoms with E-state index in [0.29, 0.717) is 5.30 Å². The Labute approximate surface area is 139 Å². The molecule has 2 aromatic carbocycles. The molecule has 0 amide bonds. The maximum atomic E-state index is 12.6. The van der Waals surface area contributed by atoms with Gasteiger partial charge in [0.25, 0.3) is 0 Å². The van der Waals surface area contributed by atoms with Gasteiger partial charge in [0.15, 0.2) is 0 Å². The third kappa shape index (κ3) is 4.01. The van der Waals surface area contributed by atoms with Crippen molar-refractivity contribution in [2.24, 2.45) is 0 Å². The van der Waals surface area contributed by atoms with Gasteiger partial charge in [-0.05, 0) is 62.0 Å². The van der Waals surface area contributed by atoms with Crippen LogP contribution in [-0.4, -0.2) is 38.1 Å². The van der Waals surface area contributed by atoms with E-state index in [-0.39, 0.29) is 0 Å². The molecule has 1 saturated heterocycles. The number of nitrogens with zero attached hydrogens (tertiary/aromatic N) is 2. The summed E-state index contributed by atoms with van der Waals surface area (Å²) in [6, 6.07) is 13.5. The molecule has 3 nitrogen and oxygen atoms in total. The van der Waals surface area contributed by atoms with Gasteiger partial charge in [-0.15, -0.1) is 0 Å². The highest BCUT2D eigenvalue weighted by molar-refractivity contribution is 7.41. The van der Waals surface area contributed by atoms with Crippen LogP contribution in [0.5, 0.6) is 11.5 Å². The number of anilines is 1. The molecule has 1 heterocycles. The van der Waals surface area contributed by atoms with E-state index >= 15 is 0 Å². The van der Waals surface area contributed by atoms with Gasteiger partial charge in [0.1, 0.15) is 11.5 Å². The SMILES string of the molecule is Cc1cc(N2CCN(C)CC2)ccc1Oc1ccc(PF)cc1. The standard InChI is InChI=1S/C18H22FN2OP/c1-14-13-15(21-11-9-20(2)10-12-21)3-8-18(14)22-16-4-6-17(23-19)7-5-16/h3-8,13,23H,9-12H2,1-2H3. The van der Waals surface area contributed by atoms with E-state index in [4.69, 9.17) is 4.74 Å². The fourth-order valence-corrected chi connectivity index (χ4v) is 3.02. The number of ether oxygens (including phenoxy) is 1. The second kappa shape index (κ2) is 7.29. The summed E-state index contributed by atoms with van der Waals surface area (Å²) < 4.78 is 18.5. The zero-order chi connectivity index (χ0) is 16.2. The molecule has 0 spiro atoms. The summed E-state index contributed by atoms with van der Waals surface area (Å²) >= 11 is 0. The van der Waals surface area contributed by atoms with E-state index in [9.17, 15) is 4.20 Å². The van der Waals surface area contributed by atoms with Gasteiger partial charge in [-0.1, -0.05) is 0 Å². The molecule has 122 valence electrons. The summed E-state index contributed by atoms with van der Waals surface area (Å²) in [5.74, 6) is 1.58. The number of rotatable bonds is 4. The van der Waals surface area contributed by atoms with Gasteiger partial charge in [0.2, 0.25) is 0 Å². The molecule has 0 radical (unpaired) electrons. The first-order valence-corrected chi connectivity index (χ1v) is 8.72. The van der Waals surface area contributed by atoms with E-state index in [1.807, 2.05) is 18.2 Å². The van der Waals surface area contributed by atoms with Gasteiger partial charge in [-0.3, -0.25) is 0 Å². The summed E-state index contributed by atoms with van der Waals surface area (Å²) in [5, 5.41) is 0.694. The minimum atomic E-state index is -0.674. The first kappa shape index (κ1) is 16.2. The van der Waals surface area contributed by atoms with Crippen LogP contribution in [0.25, 0.3) is 0 Å². The van der Waals surface area contributed by atoms with Crippen molar-refractivity contribution in [2.75, 3.05) is 38.1 Å². The minimum absolute atomic E-state index is 0.674. The predicted octanol–water partition coefficient (Wildman–Crippen LogP) is 3.73. The van der Waals surface area contributed by atoms with E-state index in [1.54, 1.807) is 12.1 Å². The number of hydrogen-bond acceptors (Lipinski definition) is 3. The fraction of sp³-hybridized carbons (Fsp3) is 0.333. The lowest BCUT2D eigenvalue weighted by atomic mass is 10.1. The Hall–Kier alpha value is -1.64. The lowest BCUT2D eigenvalue weighted by Gasteiger charge is -2.34. The Balaban J connectivity index is 1.71. The number of likely N-dealkylation sites (N-methyl/N-ethyl adjacent to an activating group) is 1. The molecule has 0 saturated carbocycles. The van der Waals surface area contributed by atoms with Crippen LogP contribution in [0, 0.1) is 6.92 Å². The average molecular weight is 332 g/mol. The fourth-order valence-electron chi connectivity index (χ4n) is 2.72. The van der Waals surface area contributed by atoms with Crippen LogP contribution in [0.15, 0.2) is 42.5 Å². The summed E-state index contributed by atoms with van der Waals surface area (Å²) in [4.78, 5) is 4.76. The molecule has 1 unspecified atom stereocenters. The molecule has 2 aromatic rings. The first-order valence-electron chi connectivity index (χ1n) is 7.84. The Bertz CT molecular complexity index is 655. The molecule has 5 heteroatoms. The van der Waals surface area contributed by atoms with Crippen LogP contribution in [0.4, 0.5) is 9.88 Å². The quantitative estimate of drug-likeness (QED) is 0.794. The van der Waals surface area contributed by atoms with Gasteiger partial charge in [0.05, 0.1) is 8.89 Å². The van der Waals surface area contributed by atoms with Crippen LogP contribution < -0.4 is 14.9 Å². The summed E-state index contributed by atoms with van der Waals surface area (Å²) in [6.45, 7) is 6.37. The normalized spacial score (nSPS) is 16.2. The van der Waals surface area contributed by atoms with Crippen LogP contribution in [0.3, 0.4) is 0 Å². The lowest BCUT2D eigenvalue weighted by Crippen LogP contribution is -2.44. The minimum Gasteiger partial charge on any atom is -0.457 e. The van der Waals surface area contributed by atoms with E-state index < -0.39 is 8.89 Å². The van der Waals surface area contributed by atoms with Gasteiger partial charge < -0.3 is 14.5 Å². The largest absolute Gasteiger partial charge is 0.457 e. The predicted molar refractivity (Wildman–Crippen MR) is 96.5 cm³/mol. The molecule has 1 atom stereocenters. The van der Waals surface area contributed by atoms with Crippen molar-refractivity contribution in [1.82, 2.24) is 4.90 Å². The van der Waals surface area contributed by atoms with Crippen molar-refractivity contribution in [2.45, 2.75) is 6.92 Å². The van der Waals surface area contributed by atoms with Crippen LogP contribution in [0.1, 0.15) is 5.56 Å². The average Bonchev–Trinajstić information content (AvgIpc) is 2.58. The molecule has 1 aliphatic heterocycles. The van der Waals surface area contributed by atoms with Crippen LogP contribution >= 0.6 is 8.89 Å². The van der Waals surface area contributed by atoms with Gasteiger partial charge in [-0.2, -0.15) is 0 Å². The highest BCUT2D eigenvalue weighted by atomic mass is 31.1. The topological polar surface area (TPSA) is 15.7 Å². The molecule has 23 heavy (non-hydrogen) atoms. The van der Waals surface area contributed by atoms with Crippen molar-refractivity contribution in [3.8, 4) is 11.5 Å². The summed E-state index contributed by atoms with van der Waals surface area (Å²) in [7, 11) is 1.49.